The van der Waals surface area contributed by atoms with Gasteiger partial charge >= 0.3 is 5.97 Å². The van der Waals surface area contributed by atoms with E-state index in [1.165, 1.54) is 15.9 Å². The zero-order chi connectivity index (χ0) is 26.9. The van der Waals surface area contributed by atoms with Gasteiger partial charge in [-0.05, 0) is 87.8 Å². The molecule has 1 atom stereocenters. The van der Waals surface area contributed by atoms with Crippen molar-refractivity contribution in [2.24, 2.45) is 4.99 Å². The van der Waals surface area contributed by atoms with E-state index in [1.54, 1.807) is 38.3 Å². The monoisotopic (exact) mass is 760 g/mol. The van der Waals surface area contributed by atoms with Gasteiger partial charge in [-0.15, -0.1) is 0 Å². The number of fused-ring (bicyclic) bond motifs is 1. The Morgan fingerprint density at radius 2 is 2.03 bits per heavy atom. The molecule has 11 heteroatoms. The summed E-state index contributed by atoms with van der Waals surface area (Å²) >= 11 is 10.2. The molecule has 194 valence electrons. The lowest BCUT2D eigenvalue weighted by atomic mass is 9.94. The van der Waals surface area contributed by atoms with Gasteiger partial charge in [0.25, 0.3) is 5.56 Å². The number of rotatable bonds is 7. The molecule has 0 unspecified atom stereocenters. The molecular formula is C26H23Br2IN2O5S. The van der Waals surface area contributed by atoms with Crippen molar-refractivity contribution in [3.05, 3.63) is 84.9 Å². The van der Waals surface area contributed by atoms with Crippen LogP contribution in [0.4, 0.5) is 0 Å². The SMILES string of the molecule is CCCC1=C(C(=O)OCC)[C@@H](c2ccc(OC)c(Br)c2)n2c(s/c(=C/c3cc(Br)cc(I)c3O)c2=O)=N1. The highest BCUT2D eigenvalue weighted by Crippen LogP contribution is 2.36. The highest BCUT2D eigenvalue weighted by Gasteiger charge is 2.34. The summed E-state index contributed by atoms with van der Waals surface area (Å²) in [7, 11) is 1.57. The molecule has 1 aromatic heterocycles. The summed E-state index contributed by atoms with van der Waals surface area (Å²) in [5.41, 5.74) is 1.86. The molecule has 1 aliphatic rings. The molecule has 1 aliphatic heterocycles. The van der Waals surface area contributed by atoms with Gasteiger partial charge in [0.1, 0.15) is 11.5 Å². The van der Waals surface area contributed by atoms with Crippen LogP contribution in [0.1, 0.15) is 43.9 Å². The Balaban J connectivity index is 2.03. The van der Waals surface area contributed by atoms with E-state index < -0.39 is 12.0 Å². The maximum atomic E-state index is 13.9. The predicted molar refractivity (Wildman–Crippen MR) is 159 cm³/mol. The molecular weight excluding hydrogens is 739 g/mol. The van der Waals surface area contributed by atoms with Crippen molar-refractivity contribution in [1.82, 2.24) is 4.57 Å². The molecule has 0 spiro atoms. The van der Waals surface area contributed by atoms with Crippen LogP contribution in [0.15, 0.2) is 60.3 Å². The van der Waals surface area contributed by atoms with Crippen molar-refractivity contribution in [3.63, 3.8) is 0 Å². The number of aromatic nitrogens is 1. The lowest BCUT2D eigenvalue weighted by Crippen LogP contribution is -2.40. The van der Waals surface area contributed by atoms with Crippen LogP contribution in [0, 0.1) is 3.57 Å². The van der Waals surface area contributed by atoms with E-state index >= 15 is 0 Å². The first-order valence-corrected chi connectivity index (χ1v) is 14.9. The van der Waals surface area contributed by atoms with Crippen molar-refractivity contribution >= 4 is 77.8 Å². The minimum atomic E-state index is -0.738. The predicted octanol–water partition coefficient (Wildman–Crippen LogP) is 5.42. The fourth-order valence-electron chi connectivity index (χ4n) is 4.13. The molecule has 0 saturated carbocycles. The lowest BCUT2D eigenvalue weighted by Gasteiger charge is -2.26. The van der Waals surface area contributed by atoms with Gasteiger partial charge in [-0.2, -0.15) is 0 Å². The Hall–Kier alpha value is -1.96. The van der Waals surface area contributed by atoms with E-state index in [1.807, 2.05) is 41.6 Å². The molecule has 4 rings (SSSR count). The average molecular weight is 762 g/mol. The first-order valence-electron chi connectivity index (χ1n) is 11.4. The summed E-state index contributed by atoms with van der Waals surface area (Å²) < 4.78 is 14.9. The van der Waals surface area contributed by atoms with Gasteiger partial charge in [0.2, 0.25) is 0 Å². The Morgan fingerprint density at radius 3 is 2.68 bits per heavy atom. The minimum absolute atomic E-state index is 0.0872. The fraction of sp³-hybridized carbons (Fsp3) is 0.269. The third-order valence-corrected chi connectivity index (χ3v) is 8.61. The van der Waals surface area contributed by atoms with Crippen LogP contribution < -0.4 is 19.6 Å². The van der Waals surface area contributed by atoms with E-state index in [9.17, 15) is 14.7 Å². The number of carbonyl (C=O) groups excluding carboxylic acids is 1. The van der Waals surface area contributed by atoms with E-state index in [4.69, 9.17) is 14.5 Å². The normalized spacial score (nSPS) is 15.4. The van der Waals surface area contributed by atoms with E-state index in [0.29, 0.717) is 51.9 Å². The zero-order valence-electron chi connectivity index (χ0n) is 20.2. The third-order valence-electron chi connectivity index (χ3n) is 5.73. The fourth-order valence-corrected chi connectivity index (χ4v) is 7.25. The Labute approximate surface area is 247 Å². The maximum Gasteiger partial charge on any atom is 0.338 e. The van der Waals surface area contributed by atoms with Crippen LogP contribution in [0.5, 0.6) is 11.5 Å². The standard InChI is InChI=1S/C26H23Br2IN2O5S/c1-4-6-18-21(25(34)36-5-2)22(13-7-8-19(35-3)16(28)10-13)31-24(33)20(37-26(31)30-18)11-14-9-15(27)12-17(29)23(14)32/h7-12,22,32H,4-6H2,1-3H3/b20-11+/t22-/m1/s1. The Bertz CT molecular complexity index is 1600. The molecule has 0 saturated heterocycles. The number of esters is 1. The maximum absolute atomic E-state index is 13.9. The highest BCUT2D eigenvalue weighted by atomic mass is 127. The Morgan fingerprint density at radius 1 is 1.27 bits per heavy atom. The molecule has 37 heavy (non-hydrogen) atoms. The smallest absolute Gasteiger partial charge is 0.338 e. The molecule has 0 fully saturated rings. The summed E-state index contributed by atoms with van der Waals surface area (Å²) in [6.07, 6.45) is 2.97. The number of ether oxygens (including phenoxy) is 2. The largest absolute Gasteiger partial charge is 0.506 e. The van der Waals surface area contributed by atoms with Crippen molar-refractivity contribution in [2.45, 2.75) is 32.7 Å². The second kappa shape index (κ2) is 11.8. The van der Waals surface area contributed by atoms with E-state index in [2.05, 4.69) is 31.9 Å². The second-order valence-electron chi connectivity index (χ2n) is 8.13. The number of phenolic OH excluding ortho intramolecular Hbond substituents is 1. The summed E-state index contributed by atoms with van der Waals surface area (Å²) in [6, 6.07) is 8.27. The van der Waals surface area contributed by atoms with Gasteiger partial charge < -0.3 is 14.6 Å². The molecule has 1 N–H and O–H groups in total. The number of methoxy groups -OCH3 is 1. The lowest BCUT2D eigenvalue weighted by molar-refractivity contribution is -0.139. The Kier molecular flexibility index (Phi) is 8.97. The number of allylic oxidation sites excluding steroid dienone is 1. The summed E-state index contributed by atoms with van der Waals surface area (Å²) in [6.45, 7) is 3.96. The first kappa shape index (κ1) is 28.1. The number of aromatic hydroxyl groups is 1. The van der Waals surface area contributed by atoms with Crippen LogP contribution in [0.25, 0.3) is 6.08 Å². The number of phenols is 1. The molecule has 0 radical (unpaired) electrons. The van der Waals surface area contributed by atoms with Gasteiger partial charge in [-0.1, -0.05) is 46.7 Å². The number of thiazole rings is 1. The minimum Gasteiger partial charge on any atom is -0.506 e. The summed E-state index contributed by atoms with van der Waals surface area (Å²) in [4.78, 5) is 32.4. The summed E-state index contributed by atoms with van der Waals surface area (Å²) in [5, 5.41) is 10.6. The van der Waals surface area contributed by atoms with Gasteiger partial charge in [-0.25, -0.2) is 9.79 Å². The van der Waals surface area contributed by atoms with Crippen molar-refractivity contribution in [3.8, 4) is 11.5 Å². The zero-order valence-corrected chi connectivity index (χ0v) is 26.3. The molecule has 2 aromatic carbocycles. The van der Waals surface area contributed by atoms with Crippen molar-refractivity contribution in [1.29, 1.82) is 0 Å². The number of hydrogen-bond acceptors (Lipinski definition) is 7. The number of hydrogen-bond donors (Lipinski definition) is 1. The highest BCUT2D eigenvalue weighted by molar-refractivity contribution is 14.1. The second-order valence-corrected chi connectivity index (χ2v) is 12.1. The van der Waals surface area contributed by atoms with E-state index in [-0.39, 0.29) is 17.9 Å². The average Bonchev–Trinajstić information content (AvgIpc) is 3.16. The third kappa shape index (κ3) is 5.59. The van der Waals surface area contributed by atoms with Crippen LogP contribution in [-0.4, -0.2) is 29.4 Å². The first-order chi connectivity index (χ1) is 17.7. The molecule has 0 aliphatic carbocycles. The summed E-state index contributed by atoms with van der Waals surface area (Å²) in [5.74, 6) is 0.218. The van der Waals surface area contributed by atoms with Gasteiger partial charge in [0.05, 0.1) is 43.6 Å². The number of nitrogens with zero attached hydrogens (tertiary/aromatic N) is 2. The van der Waals surface area contributed by atoms with E-state index in [0.717, 1.165) is 10.9 Å². The molecule has 0 bridgehead atoms. The van der Waals surface area contributed by atoms with Crippen molar-refractivity contribution < 1.29 is 19.4 Å². The number of carbonyl (C=O) groups is 1. The van der Waals surface area contributed by atoms with Crippen LogP contribution >= 0.6 is 65.8 Å². The molecule has 2 heterocycles. The topological polar surface area (TPSA) is 90.1 Å². The van der Waals surface area contributed by atoms with Crippen molar-refractivity contribution in [2.75, 3.05) is 13.7 Å². The van der Waals surface area contributed by atoms with Gasteiger partial charge in [0.15, 0.2) is 4.80 Å². The van der Waals surface area contributed by atoms with Crippen LogP contribution in [0.2, 0.25) is 0 Å². The van der Waals surface area contributed by atoms with Crippen LogP contribution in [-0.2, 0) is 9.53 Å². The van der Waals surface area contributed by atoms with Crippen LogP contribution in [0.3, 0.4) is 0 Å². The van der Waals surface area contributed by atoms with Gasteiger partial charge in [-0.3, -0.25) is 9.36 Å². The molecule has 3 aromatic rings. The molecule has 7 nitrogen and oxygen atoms in total. The number of benzene rings is 2. The quantitative estimate of drug-likeness (QED) is 0.257. The number of halogens is 3. The van der Waals surface area contributed by atoms with Gasteiger partial charge in [0, 0.05) is 10.0 Å². The molecule has 0 amide bonds.